The number of carbonyl (C=O) groups excluding carboxylic acids is 3. The second-order valence-corrected chi connectivity index (χ2v) is 9.87. The summed E-state index contributed by atoms with van der Waals surface area (Å²) in [6, 6.07) is 19.0. The number of amides is 3. The van der Waals surface area contributed by atoms with Gasteiger partial charge in [0, 0.05) is 43.3 Å². The molecular formula is C30H32N4O5. The van der Waals surface area contributed by atoms with Crippen molar-refractivity contribution in [2.45, 2.75) is 38.1 Å². The van der Waals surface area contributed by atoms with E-state index in [1.807, 2.05) is 37.3 Å². The summed E-state index contributed by atoms with van der Waals surface area (Å²) in [6.45, 7) is 3.08. The van der Waals surface area contributed by atoms with Gasteiger partial charge in [-0.15, -0.1) is 0 Å². The number of pyridine rings is 1. The molecule has 1 N–H and O–H groups in total. The molecular weight excluding hydrogens is 496 g/mol. The Morgan fingerprint density at radius 3 is 2.28 bits per heavy atom. The van der Waals surface area contributed by atoms with E-state index in [2.05, 4.69) is 10.3 Å². The smallest absolute Gasteiger partial charge is 0.256 e. The van der Waals surface area contributed by atoms with Crippen molar-refractivity contribution in [3.8, 4) is 5.75 Å². The normalized spacial score (nSPS) is 18.2. The Morgan fingerprint density at radius 1 is 0.974 bits per heavy atom. The molecule has 202 valence electrons. The zero-order valence-electron chi connectivity index (χ0n) is 22.1. The van der Waals surface area contributed by atoms with Crippen molar-refractivity contribution in [3.05, 3.63) is 95.3 Å². The molecule has 0 unspecified atom stereocenters. The third kappa shape index (κ3) is 5.49. The van der Waals surface area contributed by atoms with Crippen LogP contribution in [-0.2, 0) is 16.1 Å². The van der Waals surface area contributed by atoms with Crippen molar-refractivity contribution in [2.24, 2.45) is 0 Å². The summed E-state index contributed by atoms with van der Waals surface area (Å²) >= 11 is 0. The fourth-order valence-corrected chi connectivity index (χ4v) is 5.18. The molecule has 2 saturated heterocycles. The molecule has 9 heteroatoms. The van der Waals surface area contributed by atoms with E-state index in [0.717, 1.165) is 11.3 Å². The van der Waals surface area contributed by atoms with Crippen molar-refractivity contribution >= 4 is 17.7 Å². The van der Waals surface area contributed by atoms with Gasteiger partial charge in [-0.1, -0.05) is 23.8 Å². The van der Waals surface area contributed by atoms with Crippen LogP contribution in [-0.4, -0.2) is 71.1 Å². The Kier molecular flexibility index (Phi) is 7.60. The minimum Gasteiger partial charge on any atom is -0.497 e. The molecule has 0 saturated carbocycles. The summed E-state index contributed by atoms with van der Waals surface area (Å²) in [6.07, 6.45) is 2.47. The number of hydrogen-bond acceptors (Lipinski definition) is 6. The molecule has 2 fully saturated rings. The van der Waals surface area contributed by atoms with Crippen LogP contribution in [0.4, 0.5) is 0 Å². The molecule has 0 radical (unpaired) electrons. The van der Waals surface area contributed by atoms with Crippen molar-refractivity contribution < 1.29 is 23.9 Å². The van der Waals surface area contributed by atoms with E-state index in [1.165, 1.54) is 0 Å². The molecule has 0 bridgehead atoms. The number of hydrogen-bond donors (Lipinski definition) is 1. The fraction of sp³-hybridized carbons (Fsp3) is 0.333. The number of likely N-dealkylation sites (tertiary alicyclic amines) is 1. The van der Waals surface area contributed by atoms with Crippen molar-refractivity contribution in [1.82, 2.24) is 20.1 Å². The van der Waals surface area contributed by atoms with Crippen molar-refractivity contribution in [1.29, 1.82) is 0 Å². The van der Waals surface area contributed by atoms with Crippen molar-refractivity contribution in [3.63, 3.8) is 0 Å². The molecule has 9 nitrogen and oxygen atoms in total. The van der Waals surface area contributed by atoms with E-state index in [1.54, 1.807) is 59.5 Å². The lowest BCUT2D eigenvalue weighted by Crippen LogP contribution is -2.59. The van der Waals surface area contributed by atoms with Crippen LogP contribution >= 0.6 is 0 Å². The van der Waals surface area contributed by atoms with Gasteiger partial charge in [-0.25, -0.2) is 0 Å². The van der Waals surface area contributed by atoms with Gasteiger partial charge in [0.25, 0.3) is 11.8 Å². The van der Waals surface area contributed by atoms with Crippen LogP contribution in [0.5, 0.6) is 5.75 Å². The third-order valence-corrected chi connectivity index (χ3v) is 7.42. The number of aryl methyl sites for hydroxylation is 1. The molecule has 2 aliphatic rings. The Bertz CT molecular complexity index is 1320. The summed E-state index contributed by atoms with van der Waals surface area (Å²) < 4.78 is 11.5. The number of benzene rings is 2. The monoisotopic (exact) mass is 528 g/mol. The number of rotatable bonds is 6. The van der Waals surface area contributed by atoms with Gasteiger partial charge >= 0.3 is 0 Å². The first-order valence-corrected chi connectivity index (χ1v) is 13.1. The van der Waals surface area contributed by atoms with Crippen molar-refractivity contribution in [2.75, 3.05) is 26.8 Å². The summed E-state index contributed by atoms with van der Waals surface area (Å²) in [5.74, 6) is 0.0304. The maximum Gasteiger partial charge on any atom is 0.256 e. The van der Waals surface area contributed by atoms with E-state index < -0.39 is 11.8 Å². The molecule has 2 aromatic carbocycles. The highest BCUT2D eigenvalue weighted by Crippen LogP contribution is 2.39. The zero-order chi connectivity index (χ0) is 27.4. The molecule has 0 aliphatic carbocycles. The highest BCUT2D eigenvalue weighted by molar-refractivity contribution is 5.98. The molecule has 1 aromatic heterocycles. The van der Waals surface area contributed by atoms with E-state index in [-0.39, 0.29) is 30.9 Å². The molecule has 2 aliphatic heterocycles. The minimum atomic E-state index is -0.980. The van der Waals surface area contributed by atoms with E-state index in [0.29, 0.717) is 42.8 Å². The number of nitrogens with zero attached hydrogens (tertiary/aromatic N) is 3. The lowest BCUT2D eigenvalue weighted by Gasteiger charge is -2.44. The molecule has 1 spiro atoms. The molecule has 3 aromatic rings. The van der Waals surface area contributed by atoms with Gasteiger partial charge < -0.3 is 19.7 Å². The Balaban J connectivity index is 1.34. The number of piperidine rings is 1. The van der Waals surface area contributed by atoms with Gasteiger partial charge in [0.15, 0.2) is 0 Å². The predicted octanol–water partition coefficient (Wildman–Crippen LogP) is 3.19. The average molecular weight is 529 g/mol. The van der Waals surface area contributed by atoms with Crippen LogP contribution < -0.4 is 10.1 Å². The van der Waals surface area contributed by atoms with E-state index in [4.69, 9.17) is 9.47 Å². The number of methoxy groups -OCH3 is 1. The van der Waals surface area contributed by atoms with Gasteiger partial charge in [0.05, 0.1) is 26.0 Å². The number of aromatic nitrogens is 1. The minimum absolute atomic E-state index is 0.0814. The van der Waals surface area contributed by atoms with Gasteiger partial charge in [-0.3, -0.25) is 24.3 Å². The first-order valence-electron chi connectivity index (χ1n) is 13.1. The number of ether oxygens (including phenoxy) is 2. The van der Waals surface area contributed by atoms with Gasteiger partial charge in [-0.05, 0) is 55.5 Å². The summed E-state index contributed by atoms with van der Waals surface area (Å²) in [5.41, 5.74) is 1.84. The quantitative estimate of drug-likeness (QED) is 0.528. The lowest BCUT2D eigenvalue weighted by atomic mass is 9.96. The standard InChI is InChI=1S/C30H32N4O5/c1-21-6-8-23(9-7-21)29(37)34-26(27(35)32-19-24-5-3-4-16-31-24)20-39-30(34)14-17-33(18-15-30)28(36)22-10-12-25(38-2)13-11-22/h3-13,16,26H,14-15,17-20H2,1-2H3,(H,32,35)/t26-/m0/s1. The second kappa shape index (κ2) is 11.2. The van der Waals surface area contributed by atoms with Gasteiger partial charge in [-0.2, -0.15) is 0 Å². The summed E-state index contributed by atoms with van der Waals surface area (Å²) in [5, 5.41) is 2.92. The predicted molar refractivity (Wildman–Crippen MR) is 144 cm³/mol. The first kappa shape index (κ1) is 26.4. The van der Waals surface area contributed by atoms with Crippen LogP contribution in [0.15, 0.2) is 72.9 Å². The molecule has 5 rings (SSSR count). The highest BCUT2D eigenvalue weighted by atomic mass is 16.5. The summed E-state index contributed by atoms with van der Waals surface area (Å²) in [4.78, 5) is 48.0. The van der Waals surface area contributed by atoms with E-state index >= 15 is 0 Å². The van der Waals surface area contributed by atoms with Crippen LogP contribution in [0.1, 0.15) is 44.8 Å². The lowest BCUT2D eigenvalue weighted by molar-refractivity contribution is -0.128. The second-order valence-electron chi connectivity index (χ2n) is 9.87. The topological polar surface area (TPSA) is 101 Å². The molecule has 3 amide bonds. The Hall–Kier alpha value is -4.24. The average Bonchev–Trinajstić information content (AvgIpc) is 3.35. The third-order valence-electron chi connectivity index (χ3n) is 7.42. The van der Waals surface area contributed by atoms with E-state index in [9.17, 15) is 14.4 Å². The Morgan fingerprint density at radius 2 is 1.64 bits per heavy atom. The number of nitrogens with one attached hydrogen (secondary N) is 1. The van der Waals surface area contributed by atoms with Gasteiger partial charge in [0.1, 0.15) is 17.5 Å². The highest BCUT2D eigenvalue weighted by Gasteiger charge is 2.54. The molecule has 1 atom stereocenters. The Labute approximate surface area is 227 Å². The zero-order valence-corrected chi connectivity index (χ0v) is 22.1. The largest absolute Gasteiger partial charge is 0.497 e. The molecule has 39 heavy (non-hydrogen) atoms. The van der Waals surface area contributed by atoms with Crippen LogP contribution in [0.25, 0.3) is 0 Å². The number of carbonyl (C=O) groups is 3. The maximum atomic E-state index is 13.9. The maximum absolute atomic E-state index is 13.9. The van der Waals surface area contributed by atoms with Crippen LogP contribution in [0.3, 0.4) is 0 Å². The first-order chi connectivity index (χ1) is 18.9. The van der Waals surface area contributed by atoms with Gasteiger partial charge in [0.2, 0.25) is 5.91 Å². The van der Waals surface area contributed by atoms with Crippen LogP contribution in [0, 0.1) is 6.92 Å². The fourth-order valence-electron chi connectivity index (χ4n) is 5.18. The molecule has 3 heterocycles. The SMILES string of the molecule is COc1ccc(C(=O)N2CCC3(CC2)OC[C@@H](C(=O)NCc2ccccn2)N3C(=O)c2ccc(C)cc2)cc1. The van der Waals surface area contributed by atoms with Crippen LogP contribution in [0.2, 0.25) is 0 Å². The summed E-state index contributed by atoms with van der Waals surface area (Å²) in [7, 11) is 1.58.